The Labute approximate surface area is 179 Å². The van der Waals surface area contributed by atoms with Gasteiger partial charge in [-0.2, -0.15) is 0 Å². The first-order chi connectivity index (χ1) is 14.3. The van der Waals surface area contributed by atoms with Crippen LogP contribution in [0.15, 0.2) is 30.3 Å². The second-order valence-electron chi connectivity index (χ2n) is 8.31. The molecule has 1 aliphatic heterocycles. The Balaban J connectivity index is 2.36. The van der Waals surface area contributed by atoms with E-state index in [9.17, 15) is 19.5 Å². The van der Waals surface area contributed by atoms with Gasteiger partial charge in [0.1, 0.15) is 6.04 Å². The smallest absolute Gasteiger partial charge is 0.320 e. The zero-order valence-corrected chi connectivity index (χ0v) is 18.4. The Morgan fingerprint density at radius 2 is 1.90 bits per heavy atom. The highest BCUT2D eigenvalue weighted by atomic mass is 16.4. The number of nitrogens with one attached hydrogen (secondary N) is 2. The molecule has 5 unspecified atom stereocenters. The second kappa shape index (κ2) is 11.1. The lowest BCUT2D eigenvalue weighted by Crippen LogP contribution is -2.46. The lowest BCUT2D eigenvalue weighted by atomic mass is 9.84. The lowest BCUT2D eigenvalue weighted by molar-refractivity contribution is -0.143. The number of carbonyl (C=O) groups excluding carboxylic acids is 2. The highest BCUT2D eigenvalue weighted by Gasteiger charge is 2.48. The van der Waals surface area contributed by atoms with E-state index in [0.29, 0.717) is 19.4 Å². The van der Waals surface area contributed by atoms with E-state index < -0.39 is 17.9 Å². The van der Waals surface area contributed by atoms with E-state index in [1.54, 1.807) is 7.05 Å². The summed E-state index contributed by atoms with van der Waals surface area (Å²) in [5.41, 5.74) is 1.02. The maximum Gasteiger partial charge on any atom is 0.320 e. The van der Waals surface area contributed by atoms with Crippen LogP contribution in [0.1, 0.15) is 52.0 Å². The Kier molecular flexibility index (Phi) is 8.84. The van der Waals surface area contributed by atoms with Crippen LogP contribution in [0, 0.1) is 11.8 Å². The summed E-state index contributed by atoms with van der Waals surface area (Å²) in [4.78, 5) is 38.3. The normalized spacial score (nSPS) is 23.5. The van der Waals surface area contributed by atoms with Crippen molar-refractivity contribution in [3.63, 3.8) is 0 Å². The van der Waals surface area contributed by atoms with Crippen LogP contribution in [0.3, 0.4) is 0 Å². The molecule has 1 fully saturated rings. The predicted octanol–water partition coefficient (Wildman–Crippen LogP) is 2.41. The van der Waals surface area contributed by atoms with Gasteiger partial charge in [-0.05, 0) is 37.7 Å². The minimum absolute atomic E-state index is 0.0461. The minimum atomic E-state index is -0.899. The first-order valence-electron chi connectivity index (χ1n) is 10.8. The van der Waals surface area contributed by atoms with Crippen LogP contribution in [-0.2, 0) is 20.9 Å². The van der Waals surface area contributed by atoms with Crippen LogP contribution in [-0.4, -0.2) is 53.0 Å². The van der Waals surface area contributed by atoms with E-state index in [1.807, 2.05) is 42.2 Å². The third-order valence-electron chi connectivity index (χ3n) is 6.19. The number of amides is 2. The molecular formula is C23H35N3O4. The van der Waals surface area contributed by atoms with Gasteiger partial charge in [-0.3, -0.25) is 19.3 Å². The van der Waals surface area contributed by atoms with Gasteiger partial charge in [0.15, 0.2) is 0 Å². The molecule has 1 aromatic rings. The Hall–Kier alpha value is -2.41. The molecule has 1 aliphatic rings. The summed E-state index contributed by atoms with van der Waals surface area (Å²) in [7, 11) is 1.60. The van der Waals surface area contributed by atoms with Gasteiger partial charge in [-0.25, -0.2) is 0 Å². The minimum Gasteiger partial charge on any atom is -0.480 e. The van der Waals surface area contributed by atoms with Crippen molar-refractivity contribution in [2.24, 2.45) is 11.8 Å². The Morgan fingerprint density at radius 1 is 1.23 bits per heavy atom. The SMILES string of the molecule is CCCC(CC1C(C(=O)NC)CC(C(=O)O)N1Cc1ccccc1)C(C)NC(C)=O. The number of carboxylic acid groups (broad SMARTS) is 1. The maximum atomic E-state index is 12.7. The number of hydrogen-bond donors (Lipinski definition) is 3. The van der Waals surface area contributed by atoms with Gasteiger partial charge in [-0.15, -0.1) is 0 Å². The fourth-order valence-electron chi connectivity index (χ4n) is 4.72. The van der Waals surface area contributed by atoms with Crippen molar-refractivity contribution in [3.05, 3.63) is 35.9 Å². The van der Waals surface area contributed by atoms with Crippen LogP contribution >= 0.6 is 0 Å². The number of carboxylic acids is 1. The largest absolute Gasteiger partial charge is 0.480 e. The molecular weight excluding hydrogens is 382 g/mol. The summed E-state index contributed by atoms with van der Waals surface area (Å²) in [6.07, 6.45) is 2.80. The molecule has 5 atom stereocenters. The summed E-state index contributed by atoms with van der Waals surface area (Å²) < 4.78 is 0. The number of rotatable bonds is 10. The second-order valence-corrected chi connectivity index (χ2v) is 8.31. The molecule has 0 aromatic heterocycles. The molecule has 1 aromatic carbocycles. The summed E-state index contributed by atoms with van der Waals surface area (Å²) in [6, 6.07) is 8.79. The summed E-state index contributed by atoms with van der Waals surface area (Å²) >= 11 is 0. The summed E-state index contributed by atoms with van der Waals surface area (Å²) in [5.74, 6) is -1.35. The molecule has 166 valence electrons. The summed E-state index contributed by atoms with van der Waals surface area (Å²) in [5, 5.41) is 15.6. The molecule has 7 nitrogen and oxygen atoms in total. The molecule has 1 heterocycles. The van der Waals surface area contributed by atoms with Gasteiger partial charge >= 0.3 is 5.97 Å². The van der Waals surface area contributed by atoms with Gasteiger partial charge in [0.05, 0.1) is 5.92 Å². The molecule has 0 saturated carbocycles. The monoisotopic (exact) mass is 417 g/mol. The van der Waals surface area contributed by atoms with Crippen LogP contribution in [0.4, 0.5) is 0 Å². The highest BCUT2D eigenvalue weighted by molar-refractivity contribution is 5.82. The predicted molar refractivity (Wildman–Crippen MR) is 116 cm³/mol. The van der Waals surface area contributed by atoms with E-state index in [1.165, 1.54) is 6.92 Å². The van der Waals surface area contributed by atoms with Crippen molar-refractivity contribution in [1.29, 1.82) is 0 Å². The number of likely N-dealkylation sites (tertiary alicyclic amines) is 1. The van der Waals surface area contributed by atoms with E-state index in [4.69, 9.17) is 0 Å². The number of benzene rings is 1. The topological polar surface area (TPSA) is 98.7 Å². The van der Waals surface area contributed by atoms with E-state index in [-0.39, 0.29) is 29.8 Å². The molecule has 1 saturated heterocycles. The van der Waals surface area contributed by atoms with Gasteiger partial charge in [0.2, 0.25) is 11.8 Å². The average molecular weight is 418 g/mol. The van der Waals surface area contributed by atoms with Gasteiger partial charge in [0, 0.05) is 32.6 Å². The quantitative estimate of drug-likeness (QED) is 0.543. The van der Waals surface area contributed by atoms with Crippen molar-refractivity contribution < 1.29 is 19.5 Å². The van der Waals surface area contributed by atoms with Crippen molar-refractivity contribution in [2.75, 3.05) is 7.05 Å². The average Bonchev–Trinajstić information content (AvgIpc) is 3.05. The third kappa shape index (κ3) is 6.05. The highest BCUT2D eigenvalue weighted by Crippen LogP contribution is 2.37. The molecule has 0 aliphatic carbocycles. The summed E-state index contributed by atoms with van der Waals surface area (Å²) in [6.45, 7) is 6.07. The number of nitrogens with zero attached hydrogens (tertiary/aromatic N) is 1. The van der Waals surface area contributed by atoms with Gasteiger partial charge in [-0.1, -0.05) is 43.7 Å². The van der Waals surface area contributed by atoms with Crippen molar-refractivity contribution in [3.8, 4) is 0 Å². The first kappa shape index (κ1) is 23.9. The van der Waals surface area contributed by atoms with Gasteiger partial charge in [0.25, 0.3) is 0 Å². The van der Waals surface area contributed by atoms with Crippen molar-refractivity contribution >= 4 is 17.8 Å². The van der Waals surface area contributed by atoms with Crippen LogP contribution < -0.4 is 10.6 Å². The molecule has 7 heteroatoms. The van der Waals surface area contributed by atoms with E-state index >= 15 is 0 Å². The van der Waals surface area contributed by atoms with Gasteiger partial charge < -0.3 is 15.7 Å². The fraction of sp³-hybridized carbons (Fsp3) is 0.609. The Morgan fingerprint density at radius 3 is 2.43 bits per heavy atom. The molecule has 30 heavy (non-hydrogen) atoms. The zero-order chi connectivity index (χ0) is 22.3. The number of hydrogen-bond acceptors (Lipinski definition) is 4. The molecule has 2 rings (SSSR count). The van der Waals surface area contributed by atoms with Crippen molar-refractivity contribution in [1.82, 2.24) is 15.5 Å². The molecule has 0 spiro atoms. The van der Waals surface area contributed by atoms with E-state index in [0.717, 1.165) is 18.4 Å². The van der Waals surface area contributed by atoms with E-state index in [2.05, 4.69) is 17.6 Å². The third-order valence-corrected chi connectivity index (χ3v) is 6.19. The maximum absolute atomic E-state index is 12.7. The van der Waals surface area contributed by atoms with Crippen LogP contribution in [0.25, 0.3) is 0 Å². The van der Waals surface area contributed by atoms with Crippen LogP contribution in [0.5, 0.6) is 0 Å². The standard InChI is InChI=1S/C23H35N3O4/c1-5-9-18(15(2)25-16(3)27)12-20-19(22(28)24-4)13-21(23(29)30)26(20)14-17-10-7-6-8-11-17/h6-8,10-11,15,18-21H,5,9,12-14H2,1-4H3,(H,24,28)(H,25,27)(H,29,30). The van der Waals surface area contributed by atoms with Crippen LogP contribution in [0.2, 0.25) is 0 Å². The first-order valence-corrected chi connectivity index (χ1v) is 10.8. The number of aliphatic carboxylic acids is 1. The molecule has 0 bridgehead atoms. The number of carbonyl (C=O) groups is 3. The molecule has 3 N–H and O–H groups in total. The van der Waals surface area contributed by atoms with Crippen molar-refractivity contribution in [2.45, 2.75) is 71.1 Å². The fourth-order valence-corrected chi connectivity index (χ4v) is 4.72. The lowest BCUT2D eigenvalue weighted by Gasteiger charge is -2.34. The Bertz CT molecular complexity index is 724. The zero-order valence-electron chi connectivity index (χ0n) is 18.4. The molecule has 2 amide bonds. The molecule has 0 radical (unpaired) electrons.